The highest BCUT2D eigenvalue weighted by atomic mass is 14.9. The molecule has 0 aromatic heterocycles. The normalized spacial score (nSPS) is 46.9. The van der Waals surface area contributed by atoms with Crippen molar-refractivity contribution in [2.45, 2.75) is 77.2 Å². The first-order valence-electron chi connectivity index (χ1n) is 8.97. The van der Waals surface area contributed by atoms with Crippen molar-refractivity contribution in [1.29, 1.82) is 0 Å². The zero-order chi connectivity index (χ0) is 12.9. The smallest absolute Gasteiger partial charge is 0.00956 e. The lowest BCUT2D eigenvalue weighted by atomic mass is 9.48. The molecule has 5 rings (SSSR count). The fraction of sp³-hybridized carbons (Fsp3) is 1.00. The summed E-state index contributed by atoms with van der Waals surface area (Å²) in [7, 11) is 0. The first-order chi connectivity index (χ1) is 9.23. The van der Waals surface area contributed by atoms with Crippen molar-refractivity contribution in [1.82, 2.24) is 5.32 Å². The fourth-order valence-corrected chi connectivity index (χ4v) is 6.48. The SMILES string of the molecule is CC(NCC1CCCC1)C12CC3CC(CC(C3)C1)C2. The Morgan fingerprint density at radius 2 is 1.47 bits per heavy atom. The second-order valence-corrected chi connectivity index (χ2v) is 8.56. The van der Waals surface area contributed by atoms with Gasteiger partial charge in [-0.2, -0.15) is 0 Å². The molecule has 4 bridgehead atoms. The molecular weight excluding hydrogens is 230 g/mol. The number of nitrogens with one attached hydrogen (secondary N) is 1. The second-order valence-electron chi connectivity index (χ2n) is 8.56. The predicted octanol–water partition coefficient (Wildman–Crippen LogP) is 4.37. The zero-order valence-corrected chi connectivity index (χ0v) is 12.7. The summed E-state index contributed by atoms with van der Waals surface area (Å²) < 4.78 is 0. The van der Waals surface area contributed by atoms with Crippen LogP contribution in [-0.4, -0.2) is 12.6 Å². The van der Waals surface area contributed by atoms with Crippen LogP contribution in [0.1, 0.15) is 71.1 Å². The van der Waals surface area contributed by atoms with Crippen LogP contribution < -0.4 is 5.32 Å². The summed E-state index contributed by atoms with van der Waals surface area (Å²) in [6.07, 6.45) is 15.3. The maximum absolute atomic E-state index is 3.98. The Labute approximate surface area is 118 Å². The monoisotopic (exact) mass is 261 g/mol. The Bertz CT molecular complexity index is 293. The topological polar surface area (TPSA) is 12.0 Å². The van der Waals surface area contributed by atoms with Crippen molar-refractivity contribution >= 4 is 0 Å². The first kappa shape index (κ1) is 12.7. The van der Waals surface area contributed by atoms with Crippen molar-refractivity contribution in [2.24, 2.45) is 29.1 Å². The van der Waals surface area contributed by atoms with Gasteiger partial charge in [0, 0.05) is 6.04 Å². The van der Waals surface area contributed by atoms with Gasteiger partial charge in [0.2, 0.25) is 0 Å². The van der Waals surface area contributed by atoms with Crippen LogP contribution in [0.25, 0.3) is 0 Å². The molecule has 0 aromatic carbocycles. The van der Waals surface area contributed by atoms with Crippen LogP contribution in [-0.2, 0) is 0 Å². The number of hydrogen-bond acceptors (Lipinski definition) is 1. The number of rotatable bonds is 4. The van der Waals surface area contributed by atoms with Crippen LogP contribution in [0.4, 0.5) is 0 Å². The number of hydrogen-bond donors (Lipinski definition) is 1. The molecule has 108 valence electrons. The molecule has 5 aliphatic carbocycles. The van der Waals surface area contributed by atoms with Crippen molar-refractivity contribution in [3.63, 3.8) is 0 Å². The van der Waals surface area contributed by atoms with Crippen molar-refractivity contribution < 1.29 is 0 Å². The Kier molecular flexibility index (Phi) is 3.17. The maximum atomic E-state index is 3.98. The van der Waals surface area contributed by atoms with Gasteiger partial charge in [-0.15, -0.1) is 0 Å². The lowest BCUT2D eigenvalue weighted by Gasteiger charge is -2.59. The summed E-state index contributed by atoms with van der Waals surface area (Å²) in [4.78, 5) is 0. The average Bonchev–Trinajstić information content (AvgIpc) is 2.87. The van der Waals surface area contributed by atoms with E-state index in [4.69, 9.17) is 0 Å². The van der Waals surface area contributed by atoms with Crippen LogP contribution >= 0.6 is 0 Å². The van der Waals surface area contributed by atoms with Gasteiger partial charge in [0.1, 0.15) is 0 Å². The van der Waals surface area contributed by atoms with Crippen LogP contribution in [0.5, 0.6) is 0 Å². The molecule has 5 fully saturated rings. The summed E-state index contributed by atoms with van der Waals surface area (Å²) in [5.74, 6) is 4.29. The first-order valence-corrected chi connectivity index (χ1v) is 8.97. The minimum absolute atomic E-state index is 0.702. The van der Waals surface area contributed by atoms with E-state index in [9.17, 15) is 0 Å². The largest absolute Gasteiger partial charge is 0.313 e. The quantitative estimate of drug-likeness (QED) is 0.792. The van der Waals surface area contributed by atoms with Gasteiger partial charge >= 0.3 is 0 Å². The van der Waals surface area contributed by atoms with E-state index in [1.54, 1.807) is 38.5 Å². The molecule has 19 heavy (non-hydrogen) atoms. The van der Waals surface area contributed by atoms with E-state index < -0.39 is 0 Å². The summed E-state index contributed by atoms with van der Waals surface area (Å²) in [6, 6.07) is 0.779. The third-order valence-corrected chi connectivity index (χ3v) is 7.19. The molecule has 0 saturated heterocycles. The van der Waals surface area contributed by atoms with E-state index in [0.717, 1.165) is 29.7 Å². The Hall–Kier alpha value is -0.0400. The molecule has 0 spiro atoms. The van der Waals surface area contributed by atoms with Gasteiger partial charge in [-0.25, -0.2) is 0 Å². The molecule has 5 saturated carbocycles. The van der Waals surface area contributed by atoms with Gasteiger partial charge < -0.3 is 5.32 Å². The van der Waals surface area contributed by atoms with Gasteiger partial charge in [-0.3, -0.25) is 0 Å². The second kappa shape index (κ2) is 4.76. The van der Waals surface area contributed by atoms with Gasteiger partial charge in [0.05, 0.1) is 0 Å². The highest BCUT2D eigenvalue weighted by Gasteiger charge is 2.52. The van der Waals surface area contributed by atoms with Gasteiger partial charge in [0.25, 0.3) is 0 Å². The molecule has 0 aliphatic heterocycles. The summed E-state index contributed by atoms with van der Waals surface area (Å²) in [5, 5.41) is 3.98. The lowest BCUT2D eigenvalue weighted by Crippen LogP contribution is -2.55. The zero-order valence-electron chi connectivity index (χ0n) is 12.7. The average molecular weight is 261 g/mol. The van der Waals surface area contributed by atoms with E-state index >= 15 is 0 Å². The molecule has 0 heterocycles. The molecule has 0 aromatic rings. The van der Waals surface area contributed by atoms with E-state index in [1.807, 2.05) is 0 Å². The van der Waals surface area contributed by atoms with Crippen molar-refractivity contribution in [3.8, 4) is 0 Å². The summed E-state index contributed by atoms with van der Waals surface area (Å²) in [6.45, 7) is 3.82. The van der Waals surface area contributed by atoms with Crippen LogP contribution in [0.3, 0.4) is 0 Å². The third-order valence-electron chi connectivity index (χ3n) is 7.19. The molecule has 1 unspecified atom stereocenters. The van der Waals surface area contributed by atoms with Crippen LogP contribution in [0.2, 0.25) is 0 Å². The minimum atomic E-state index is 0.702. The summed E-state index contributed by atoms with van der Waals surface area (Å²) >= 11 is 0. The minimum Gasteiger partial charge on any atom is -0.313 e. The van der Waals surface area contributed by atoms with Gasteiger partial charge in [0.15, 0.2) is 0 Å². The van der Waals surface area contributed by atoms with Gasteiger partial charge in [-0.1, -0.05) is 12.8 Å². The van der Waals surface area contributed by atoms with E-state index in [2.05, 4.69) is 12.2 Å². The molecule has 1 nitrogen and oxygen atoms in total. The van der Waals surface area contributed by atoms with Crippen LogP contribution in [0.15, 0.2) is 0 Å². The molecule has 0 radical (unpaired) electrons. The molecule has 1 atom stereocenters. The van der Waals surface area contributed by atoms with E-state index in [0.29, 0.717) is 5.41 Å². The Morgan fingerprint density at radius 1 is 0.947 bits per heavy atom. The van der Waals surface area contributed by atoms with E-state index in [1.165, 1.54) is 32.2 Å². The highest BCUT2D eigenvalue weighted by Crippen LogP contribution is 2.61. The predicted molar refractivity (Wildman–Crippen MR) is 80.0 cm³/mol. The van der Waals surface area contributed by atoms with Crippen molar-refractivity contribution in [3.05, 3.63) is 0 Å². The standard InChI is InChI=1S/C18H31N/c1-13(19-12-14-4-2-3-5-14)18-9-15-6-16(10-18)8-17(7-15)11-18/h13-17,19H,2-12H2,1H3. The van der Waals surface area contributed by atoms with E-state index in [-0.39, 0.29) is 0 Å². The highest BCUT2D eigenvalue weighted by molar-refractivity contribution is 5.05. The molecular formula is C18H31N. The fourth-order valence-electron chi connectivity index (χ4n) is 6.48. The summed E-state index contributed by atoms with van der Waals surface area (Å²) in [5.41, 5.74) is 0.702. The molecule has 5 aliphatic rings. The molecule has 1 N–H and O–H groups in total. The maximum Gasteiger partial charge on any atom is 0.00956 e. The Balaban J connectivity index is 1.40. The molecule has 0 amide bonds. The molecule has 1 heteroatoms. The van der Waals surface area contributed by atoms with Crippen LogP contribution in [0, 0.1) is 29.1 Å². The third kappa shape index (κ3) is 2.26. The van der Waals surface area contributed by atoms with Crippen molar-refractivity contribution in [2.75, 3.05) is 6.54 Å². The van der Waals surface area contributed by atoms with Gasteiger partial charge in [-0.05, 0) is 93.9 Å². The lowest BCUT2D eigenvalue weighted by molar-refractivity contribution is -0.0707. The Morgan fingerprint density at radius 3 is 2.00 bits per heavy atom.